The Balaban J connectivity index is 1.72. The van der Waals surface area contributed by atoms with E-state index in [4.69, 9.17) is 14.2 Å². The summed E-state index contributed by atoms with van der Waals surface area (Å²) >= 11 is 0. The molecule has 0 bridgehead atoms. The van der Waals surface area contributed by atoms with Crippen LogP contribution < -0.4 is 14.2 Å². The second kappa shape index (κ2) is 9.85. The van der Waals surface area contributed by atoms with Crippen molar-refractivity contribution in [2.24, 2.45) is 0 Å². The number of carboxylic acids is 1. The summed E-state index contributed by atoms with van der Waals surface area (Å²) in [6.07, 6.45) is 3.11. The normalized spacial score (nSPS) is 13.5. The third-order valence-electron chi connectivity index (χ3n) is 6.21. The topological polar surface area (TPSA) is 115 Å². The van der Waals surface area contributed by atoms with Crippen LogP contribution in [0.1, 0.15) is 53.1 Å². The number of carbonyl (C=O) groups excluding carboxylic acids is 2. The van der Waals surface area contributed by atoms with Crippen LogP contribution in [0.25, 0.3) is 10.8 Å². The standard InChI is InChI=1S/C27H28N2O7/c1-27(2,26(33)29-10-5-6-11-29)36-17-9-7-8-16(12-17)24(30)23-19-14-22(35-4)21(34-3)13-18(19)20(15-28-23)25(31)32/h7-9,12-15H,5-6,10-11H2,1-4H3,(H,31,32). The summed E-state index contributed by atoms with van der Waals surface area (Å²) in [4.78, 5) is 44.2. The van der Waals surface area contributed by atoms with E-state index < -0.39 is 17.4 Å². The maximum atomic E-state index is 13.5. The zero-order valence-corrected chi connectivity index (χ0v) is 20.7. The Morgan fingerprint density at radius 2 is 1.61 bits per heavy atom. The van der Waals surface area contributed by atoms with E-state index in [1.807, 2.05) is 0 Å². The Bertz CT molecular complexity index is 1340. The number of hydrogen-bond donors (Lipinski definition) is 1. The Morgan fingerprint density at radius 1 is 0.972 bits per heavy atom. The molecule has 1 aliphatic rings. The monoisotopic (exact) mass is 492 g/mol. The third kappa shape index (κ3) is 4.68. The predicted octanol–water partition coefficient (Wildman–Crippen LogP) is 3.96. The van der Waals surface area contributed by atoms with Gasteiger partial charge in [-0.2, -0.15) is 0 Å². The summed E-state index contributed by atoms with van der Waals surface area (Å²) in [5, 5.41) is 10.3. The number of likely N-dealkylation sites (tertiary alicyclic amines) is 1. The molecular weight excluding hydrogens is 464 g/mol. The Hall–Kier alpha value is -4.14. The van der Waals surface area contributed by atoms with Gasteiger partial charge in [0.2, 0.25) is 5.78 Å². The summed E-state index contributed by atoms with van der Waals surface area (Å²) in [6.45, 7) is 4.84. The number of aromatic carboxylic acids is 1. The molecule has 0 unspecified atom stereocenters. The van der Waals surface area contributed by atoms with E-state index >= 15 is 0 Å². The number of aromatic nitrogens is 1. The number of carbonyl (C=O) groups is 3. The highest BCUT2D eigenvalue weighted by atomic mass is 16.5. The van der Waals surface area contributed by atoms with Crippen molar-refractivity contribution in [3.63, 3.8) is 0 Å². The zero-order chi connectivity index (χ0) is 26.0. The van der Waals surface area contributed by atoms with Gasteiger partial charge in [0, 0.05) is 35.6 Å². The maximum absolute atomic E-state index is 13.5. The molecule has 1 aliphatic heterocycles. The van der Waals surface area contributed by atoms with Gasteiger partial charge >= 0.3 is 5.97 Å². The molecule has 9 nitrogen and oxygen atoms in total. The van der Waals surface area contributed by atoms with Gasteiger partial charge in [0.1, 0.15) is 11.4 Å². The Kier molecular flexibility index (Phi) is 6.83. The van der Waals surface area contributed by atoms with E-state index in [0.29, 0.717) is 41.1 Å². The van der Waals surface area contributed by atoms with Gasteiger partial charge in [-0.25, -0.2) is 4.79 Å². The van der Waals surface area contributed by atoms with E-state index in [0.717, 1.165) is 19.0 Å². The van der Waals surface area contributed by atoms with Crippen LogP contribution in [0.4, 0.5) is 0 Å². The van der Waals surface area contributed by atoms with Crippen molar-refractivity contribution in [3.8, 4) is 17.2 Å². The minimum atomic E-state index is -1.18. The van der Waals surface area contributed by atoms with Crippen LogP contribution in [0, 0.1) is 0 Å². The number of amides is 1. The molecule has 188 valence electrons. The first kappa shape index (κ1) is 25.0. The number of pyridine rings is 1. The average Bonchev–Trinajstić information content (AvgIpc) is 3.40. The van der Waals surface area contributed by atoms with Crippen molar-refractivity contribution in [1.29, 1.82) is 0 Å². The lowest BCUT2D eigenvalue weighted by atomic mass is 9.99. The Labute approximate surface area is 208 Å². The number of carboxylic acid groups (broad SMARTS) is 1. The summed E-state index contributed by atoms with van der Waals surface area (Å²) in [5.74, 6) is -0.684. The first-order valence-corrected chi connectivity index (χ1v) is 11.6. The van der Waals surface area contributed by atoms with Crippen LogP contribution >= 0.6 is 0 Å². The molecule has 0 atom stereocenters. The molecule has 1 fully saturated rings. The summed E-state index contributed by atoms with van der Waals surface area (Å²) in [6, 6.07) is 9.57. The van der Waals surface area contributed by atoms with Gasteiger partial charge in [-0.05, 0) is 51.0 Å². The minimum Gasteiger partial charge on any atom is -0.493 e. The second-order valence-electron chi connectivity index (χ2n) is 9.05. The van der Waals surface area contributed by atoms with E-state index in [2.05, 4.69) is 4.98 Å². The smallest absolute Gasteiger partial charge is 0.337 e. The van der Waals surface area contributed by atoms with Crippen molar-refractivity contribution in [1.82, 2.24) is 9.88 Å². The average molecular weight is 493 g/mol. The van der Waals surface area contributed by atoms with Gasteiger partial charge < -0.3 is 24.2 Å². The number of rotatable bonds is 8. The van der Waals surface area contributed by atoms with Crippen molar-refractivity contribution in [2.75, 3.05) is 27.3 Å². The number of ketones is 1. The number of hydrogen-bond acceptors (Lipinski definition) is 7. The molecule has 1 N–H and O–H groups in total. The van der Waals surface area contributed by atoms with Crippen LogP contribution in [0.3, 0.4) is 0 Å². The lowest BCUT2D eigenvalue weighted by Gasteiger charge is -2.30. The largest absolute Gasteiger partial charge is 0.493 e. The SMILES string of the molecule is COc1cc2c(C(=O)O)cnc(C(=O)c3cccc(OC(C)(C)C(=O)N4CCCC4)c3)c2cc1OC. The number of methoxy groups -OCH3 is 2. The molecule has 3 aromatic rings. The predicted molar refractivity (Wildman–Crippen MR) is 132 cm³/mol. The van der Waals surface area contributed by atoms with E-state index in [-0.39, 0.29) is 22.7 Å². The molecule has 2 heterocycles. The molecule has 0 spiro atoms. The van der Waals surface area contributed by atoms with Crippen LogP contribution in [0.5, 0.6) is 17.2 Å². The first-order chi connectivity index (χ1) is 17.2. The molecule has 1 amide bonds. The first-order valence-electron chi connectivity index (χ1n) is 11.6. The van der Waals surface area contributed by atoms with Crippen LogP contribution in [-0.2, 0) is 4.79 Å². The van der Waals surface area contributed by atoms with Crippen LogP contribution in [0.15, 0.2) is 42.6 Å². The highest BCUT2D eigenvalue weighted by molar-refractivity contribution is 6.18. The van der Waals surface area contributed by atoms with E-state index in [1.54, 1.807) is 49.1 Å². The van der Waals surface area contributed by atoms with Crippen molar-refractivity contribution in [2.45, 2.75) is 32.3 Å². The molecule has 2 aromatic carbocycles. The fourth-order valence-electron chi connectivity index (χ4n) is 4.39. The highest BCUT2D eigenvalue weighted by Crippen LogP contribution is 2.35. The quantitative estimate of drug-likeness (QED) is 0.470. The molecule has 4 rings (SSSR count). The molecule has 0 radical (unpaired) electrons. The van der Waals surface area contributed by atoms with E-state index in [1.165, 1.54) is 20.3 Å². The Morgan fingerprint density at radius 3 is 2.22 bits per heavy atom. The van der Waals surface area contributed by atoms with Crippen LogP contribution in [-0.4, -0.2) is 65.6 Å². The molecule has 1 saturated heterocycles. The molecule has 36 heavy (non-hydrogen) atoms. The molecule has 0 saturated carbocycles. The van der Waals surface area contributed by atoms with Gasteiger partial charge in [0.05, 0.1) is 19.8 Å². The number of nitrogens with zero attached hydrogens (tertiary/aromatic N) is 2. The van der Waals surface area contributed by atoms with E-state index in [9.17, 15) is 19.5 Å². The molecule has 1 aromatic heterocycles. The van der Waals surface area contributed by atoms with Crippen molar-refractivity contribution >= 4 is 28.4 Å². The number of benzene rings is 2. The van der Waals surface area contributed by atoms with Crippen molar-refractivity contribution in [3.05, 3.63) is 59.4 Å². The summed E-state index contributed by atoms with van der Waals surface area (Å²) in [5.41, 5.74) is -0.838. The highest BCUT2D eigenvalue weighted by Gasteiger charge is 2.35. The fraction of sp³-hybridized carbons (Fsp3) is 0.333. The summed E-state index contributed by atoms with van der Waals surface area (Å²) < 4.78 is 16.7. The second-order valence-corrected chi connectivity index (χ2v) is 9.05. The number of fused-ring (bicyclic) bond motifs is 1. The lowest BCUT2D eigenvalue weighted by Crippen LogP contribution is -2.47. The van der Waals surface area contributed by atoms with Crippen molar-refractivity contribution < 1.29 is 33.7 Å². The van der Waals surface area contributed by atoms with Gasteiger partial charge in [0.25, 0.3) is 5.91 Å². The molecular formula is C27H28N2O7. The van der Waals surface area contributed by atoms with Crippen LogP contribution in [0.2, 0.25) is 0 Å². The minimum absolute atomic E-state index is 0.0560. The maximum Gasteiger partial charge on any atom is 0.337 e. The molecule has 9 heteroatoms. The van der Waals surface area contributed by atoms with Gasteiger partial charge in [-0.1, -0.05) is 12.1 Å². The van der Waals surface area contributed by atoms with Gasteiger partial charge in [-0.3, -0.25) is 14.6 Å². The number of ether oxygens (including phenoxy) is 3. The van der Waals surface area contributed by atoms with Gasteiger partial charge in [-0.15, -0.1) is 0 Å². The fourth-order valence-corrected chi connectivity index (χ4v) is 4.39. The lowest BCUT2D eigenvalue weighted by molar-refractivity contribution is -0.144. The zero-order valence-electron chi connectivity index (χ0n) is 20.7. The summed E-state index contributed by atoms with van der Waals surface area (Å²) in [7, 11) is 2.89. The third-order valence-corrected chi connectivity index (χ3v) is 6.21. The van der Waals surface area contributed by atoms with Gasteiger partial charge in [0.15, 0.2) is 17.1 Å². The molecule has 0 aliphatic carbocycles.